The molecule has 0 bridgehead atoms. The van der Waals surface area contributed by atoms with E-state index in [0.717, 1.165) is 18.5 Å². The highest BCUT2D eigenvalue weighted by Gasteiger charge is 2.11. The van der Waals surface area contributed by atoms with Gasteiger partial charge in [0.25, 0.3) is 0 Å². The third-order valence-corrected chi connectivity index (χ3v) is 4.32. The van der Waals surface area contributed by atoms with Crippen molar-refractivity contribution in [1.82, 2.24) is 19.7 Å². The molecule has 0 atom stereocenters. The van der Waals surface area contributed by atoms with Crippen molar-refractivity contribution < 1.29 is 0 Å². The lowest BCUT2D eigenvalue weighted by Gasteiger charge is -2.01. The van der Waals surface area contributed by atoms with Gasteiger partial charge in [-0.15, -0.1) is 0 Å². The largest absolute Gasteiger partial charge is 0.272 e. The van der Waals surface area contributed by atoms with Crippen LogP contribution in [-0.4, -0.2) is 19.7 Å². The summed E-state index contributed by atoms with van der Waals surface area (Å²) in [7, 11) is 0. The first-order chi connectivity index (χ1) is 8.11. The second-order valence-corrected chi connectivity index (χ2v) is 5.23. The van der Waals surface area contributed by atoms with Crippen molar-refractivity contribution in [3.05, 3.63) is 26.3 Å². The summed E-state index contributed by atoms with van der Waals surface area (Å²) in [5.74, 6) is 0.503. The van der Waals surface area contributed by atoms with Gasteiger partial charge in [0.1, 0.15) is 10.3 Å². The van der Waals surface area contributed by atoms with Gasteiger partial charge in [0, 0.05) is 12.7 Å². The van der Waals surface area contributed by atoms with E-state index in [9.17, 15) is 0 Å². The normalized spacial score (nSPS) is 10.8. The Kier molecular flexibility index (Phi) is 4.22. The second-order valence-electron chi connectivity index (χ2n) is 3.43. The van der Waals surface area contributed by atoms with Gasteiger partial charge in [0.2, 0.25) is 0 Å². The molecule has 17 heavy (non-hydrogen) atoms. The van der Waals surface area contributed by atoms with Crippen molar-refractivity contribution >= 4 is 45.8 Å². The van der Waals surface area contributed by atoms with Crippen LogP contribution in [0, 0.1) is 3.57 Å². The first-order valence-electron chi connectivity index (χ1n) is 5.03. The smallest absolute Gasteiger partial charge is 0.165 e. The summed E-state index contributed by atoms with van der Waals surface area (Å²) < 4.78 is 2.51. The van der Waals surface area contributed by atoms with Gasteiger partial charge in [-0.25, -0.2) is 9.97 Å². The summed E-state index contributed by atoms with van der Waals surface area (Å²) >= 11 is 13.9. The second kappa shape index (κ2) is 5.49. The molecular weight excluding hydrogens is 374 g/mol. The number of hydrogen-bond donors (Lipinski definition) is 0. The fraction of sp³-hybridized carbons (Fsp3) is 0.300. The van der Waals surface area contributed by atoms with E-state index < -0.39 is 0 Å². The zero-order valence-corrected chi connectivity index (χ0v) is 12.7. The maximum absolute atomic E-state index is 5.97. The molecule has 4 nitrogen and oxygen atoms in total. The average molecular weight is 383 g/mol. The highest BCUT2D eigenvalue weighted by atomic mass is 127. The number of nitrogens with zero attached hydrogens (tertiary/aromatic N) is 4. The quantitative estimate of drug-likeness (QED) is 0.601. The van der Waals surface area contributed by atoms with Gasteiger partial charge in [0.15, 0.2) is 5.82 Å². The van der Waals surface area contributed by atoms with E-state index in [1.54, 1.807) is 6.20 Å². The van der Waals surface area contributed by atoms with Gasteiger partial charge in [-0.05, 0) is 29.0 Å². The van der Waals surface area contributed by atoms with Crippen LogP contribution in [0.1, 0.15) is 13.3 Å². The number of rotatable bonds is 3. The topological polar surface area (TPSA) is 43.6 Å². The molecule has 0 aliphatic rings. The van der Waals surface area contributed by atoms with Gasteiger partial charge in [-0.3, -0.25) is 4.68 Å². The maximum atomic E-state index is 5.97. The Labute approximate surface area is 122 Å². The van der Waals surface area contributed by atoms with E-state index in [1.807, 2.05) is 33.5 Å². The minimum atomic E-state index is 0.365. The predicted octanol–water partition coefficient (Wildman–Crippen LogP) is 3.66. The molecule has 2 heterocycles. The summed E-state index contributed by atoms with van der Waals surface area (Å²) in [5.41, 5.74) is 0.818. The van der Waals surface area contributed by atoms with E-state index in [0.29, 0.717) is 19.7 Å². The maximum Gasteiger partial charge on any atom is 0.165 e. The monoisotopic (exact) mass is 382 g/mol. The van der Waals surface area contributed by atoms with Crippen LogP contribution in [0.25, 0.3) is 11.4 Å². The molecule has 0 saturated carbocycles. The minimum Gasteiger partial charge on any atom is -0.272 e. The third-order valence-electron chi connectivity index (χ3n) is 2.11. The van der Waals surface area contributed by atoms with E-state index in [2.05, 4.69) is 22.0 Å². The van der Waals surface area contributed by atoms with Crippen molar-refractivity contribution in [3.63, 3.8) is 0 Å². The number of aromatic nitrogens is 4. The zero-order chi connectivity index (χ0) is 12.4. The summed E-state index contributed by atoms with van der Waals surface area (Å²) in [6.45, 7) is 2.96. The van der Waals surface area contributed by atoms with E-state index in [1.165, 1.54) is 0 Å². The lowest BCUT2D eigenvalue weighted by Crippen LogP contribution is -1.96. The minimum absolute atomic E-state index is 0.365. The molecule has 2 aromatic heterocycles. The highest BCUT2D eigenvalue weighted by molar-refractivity contribution is 14.1. The van der Waals surface area contributed by atoms with Crippen LogP contribution in [0.15, 0.2) is 12.4 Å². The van der Waals surface area contributed by atoms with Crippen LogP contribution in [0.2, 0.25) is 10.3 Å². The number of halogens is 3. The van der Waals surface area contributed by atoms with Crippen molar-refractivity contribution in [1.29, 1.82) is 0 Å². The van der Waals surface area contributed by atoms with Crippen LogP contribution in [-0.2, 0) is 6.54 Å². The van der Waals surface area contributed by atoms with Crippen LogP contribution in [0.4, 0.5) is 0 Å². The Morgan fingerprint density at radius 1 is 1.29 bits per heavy atom. The fourth-order valence-electron chi connectivity index (χ4n) is 1.35. The molecule has 90 valence electrons. The Bertz CT molecular complexity index is 518. The molecule has 0 aromatic carbocycles. The van der Waals surface area contributed by atoms with Gasteiger partial charge in [-0.1, -0.05) is 30.1 Å². The van der Waals surface area contributed by atoms with E-state index in [4.69, 9.17) is 23.2 Å². The molecule has 0 N–H and O–H groups in total. The Hall–Kier alpha value is -0.400. The highest BCUT2D eigenvalue weighted by Crippen LogP contribution is 2.26. The van der Waals surface area contributed by atoms with Crippen LogP contribution >= 0.6 is 45.8 Å². The first-order valence-corrected chi connectivity index (χ1v) is 6.86. The molecule has 7 heteroatoms. The van der Waals surface area contributed by atoms with Crippen molar-refractivity contribution in [2.75, 3.05) is 0 Å². The summed E-state index contributed by atoms with van der Waals surface area (Å²) in [6.07, 6.45) is 4.62. The van der Waals surface area contributed by atoms with Crippen molar-refractivity contribution in [3.8, 4) is 11.4 Å². The molecule has 0 aliphatic heterocycles. The molecule has 0 spiro atoms. The molecule has 2 aromatic rings. The first kappa shape index (κ1) is 13.0. The average Bonchev–Trinajstić information content (AvgIpc) is 2.74. The Balaban J connectivity index is 2.39. The molecule has 0 fully saturated rings. The van der Waals surface area contributed by atoms with Gasteiger partial charge < -0.3 is 0 Å². The van der Waals surface area contributed by atoms with Crippen LogP contribution in [0.5, 0.6) is 0 Å². The lowest BCUT2D eigenvalue weighted by molar-refractivity contribution is 0.603. The summed E-state index contributed by atoms with van der Waals surface area (Å²) in [5, 5.41) is 4.94. The Morgan fingerprint density at radius 2 is 1.94 bits per heavy atom. The van der Waals surface area contributed by atoms with Crippen molar-refractivity contribution in [2.45, 2.75) is 19.9 Å². The molecule has 0 aliphatic carbocycles. The SMILES string of the molecule is CCCn1cc(-c2nc(Cl)c(I)c(Cl)n2)cn1. The Morgan fingerprint density at radius 3 is 2.53 bits per heavy atom. The van der Waals surface area contributed by atoms with Crippen LogP contribution < -0.4 is 0 Å². The van der Waals surface area contributed by atoms with Gasteiger partial charge in [0.05, 0.1) is 15.3 Å². The fourth-order valence-corrected chi connectivity index (χ4v) is 1.98. The molecule has 0 saturated heterocycles. The molecule has 0 amide bonds. The van der Waals surface area contributed by atoms with E-state index in [-0.39, 0.29) is 0 Å². The van der Waals surface area contributed by atoms with Crippen molar-refractivity contribution in [2.24, 2.45) is 0 Å². The van der Waals surface area contributed by atoms with Crippen LogP contribution in [0.3, 0.4) is 0 Å². The third kappa shape index (κ3) is 2.89. The van der Waals surface area contributed by atoms with Gasteiger partial charge >= 0.3 is 0 Å². The number of hydrogen-bond acceptors (Lipinski definition) is 3. The molecular formula is C10H9Cl2IN4. The molecule has 0 radical (unpaired) electrons. The summed E-state index contributed by atoms with van der Waals surface area (Å²) in [6, 6.07) is 0. The lowest BCUT2D eigenvalue weighted by atomic mass is 10.3. The van der Waals surface area contributed by atoms with E-state index >= 15 is 0 Å². The molecule has 0 unspecified atom stereocenters. The predicted molar refractivity (Wildman–Crippen MR) is 76.3 cm³/mol. The zero-order valence-electron chi connectivity index (χ0n) is 8.99. The summed E-state index contributed by atoms with van der Waals surface area (Å²) in [4.78, 5) is 8.37. The number of aryl methyl sites for hydroxylation is 1. The van der Waals surface area contributed by atoms with Gasteiger partial charge in [-0.2, -0.15) is 5.10 Å². The molecule has 2 rings (SSSR count). The standard InChI is InChI=1S/C10H9Cl2IN4/c1-2-3-17-5-6(4-14-17)10-15-8(11)7(13)9(12)16-10/h4-5H,2-3H2,1H3.